The molecule has 3 rings (SSSR count). The number of hydrogen-bond acceptors (Lipinski definition) is 4. The minimum absolute atomic E-state index is 0.0768. The number of benzene rings is 2. The van der Waals surface area contributed by atoms with E-state index in [1.807, 2.05) is 19.1 Å². The Hall–Kier alpha value is -3.55. The first-order chi connectivity index (χ1) is 13.4. The average molecular weight is 382 g/mol. The van der Waals surface area contributed by atoms with Gasteiger partial charge in [-0.25, -0.2) is 9.40 Å². The molecule has 28 heavy (non-hydrogen) atoms. The van der Waals surface area contributed by atoms with Crippen molar-refractivity contribution in [3.05, 3.63) is 59.9 Å². The lowest BCUT2D eigenvalue weighted by molar-refractivity contribution is -0.135. The Kier molecular flexibility index (Phi) is 5.78. The van der Waals surface area contributed by atoms with E-state index in [-0.39, 0.29) is 31.0 Å². The predicted molar refractivity (Wildman–Crippen MR) is 103 cm³/mol. The SMILES string of the molecule is Cc1cccc(NC(=O)CN2N=C(C(=O)Nc3ccc(F)cc3)CCC2=O)c1. The number of nitrogens with one attached hydrogen (secondary N) is 2. The van der Waals surface area contributed by atoms with Crippen LogP contribution in [0, 0.1) is 12.7 Å². The largest absolute Gasteiger partial charge is 0.324 e. The molecule has 144 valence electrons. The summed E-state index contributed by atoms with van der Waals surface area (Å²) in [6, 6.07) is 12.6. The summed E-state index contributed by atoms with van der Waals surface area (Å²) >= 11 is 0. The van der Waals surface area contributed by atoms with Crippen molar-refractivity contribution >= 4 is 34.8 Å². The summed E-state index contributed by atoms with van der Waals surface area (Å²) in [6.45, 7) is 1.61. The van der Waals surface area contributed by atoms with Crippen molar-refractivity contribution < 1.29 is 18.8 Å². The molecular formula is C20H19FN4O3. The van der Waals surface area contributed by atoms with Gasteiger partial charge in [-0.3, -0.25) is 14.4 Å². The molecule has 0 aromatic heterocycles. The highest BCUT2D eigenvalue weighted by Crippen LogP contribution is 2.14. The molecule has 1 aliphatic rings. The Morgan fingerprint density at radius 2 is 1.82 bits per heavy atom. The number of halogens is 1. The van der Waals surface area contributed by atoms with Gasteiger partial charge < -0.3 is 10.6 Å². The number of hydrogen-bond donors (Lipinski definition) is 2. The summed E-state index contributed by atoms with van der Waals surface area (Å²) in [6.07, 6.45) is 0.245. The van der Waals surface area contributed by atoms with E-state index in [1.165, 1.54) is 24.3 Å². The van der Waals surface area contributed by atoms with Crippen LogP contribution in [0.2, 0.25) is 0 Å². The molecule has 0 saturated heterocycles. The Morgan fingerprint density at radius 3 is 2.54 bits per heavy atom. The number of amides is 3. The van der Waals surface area contributed by atoms with Crippen LogP contribution in [0.5, 0.6) is 0 Å². The molecule has 0 saturated carbocycles. The standard InChI is InChI=1S/C20H19FN4O3/c1-13-3-2-4-16(11-13)22-18(26)12-25-19(27)10-9-17(24-25)20(28)23-15-7-5-14(21)6-8-15/h2-8,11H,9-10,12H2,1H3,(H,22,26)(H,23,28). The number of hydrazone groups is 1. The number of nitrogens with zero attached hydrogens (tertiary/aromatic N) is 2. The Bertz CT molecular complexity index is 941. The van der Waals surface area contributed by atoms with Crippen molar-refractivity contribution in [2.24, 2.45) is 5.10 Å². The molecule has 0 aliphatic carbocycles. The lowest BCUT2D eigenvalue weighted by Gasteiger charge is -2.22. The van der Waals surface area contributed by atoms with Crippen LogP contribution in [0.4, 0.5) is 15.8 Å². The topological polar surface area (TPSA) is 90.9 Å². The number of carbonyl (C=O) groups is 3. The average Bonchev–Trinajstić information content (AvgIpc) is 2.65. The number of rotatable bonds is 5. The van der Waals surface area contributed by atoms with Gasteiger partial charge >= 0.3 is 0 Å². The molecule has 1 aliphatic heterocycles. The normalized spacial score (nSPS) is 13.7. The van der Waals surface area contributed by atoms with Crippen molar-refractivity contribution in [2.45, 2.75) is 19.8 Å². The van der Waals surface area contributed by atoms with Gasteiger partial charge in [0.15, 0.2) is 0 Å². The highest BCUT2D eigenvalue weighted by atomic mass is 19.1. The van der Waals surface area contributed by atoms with Crippen LogP contribution in [-0.4, -0.2) is 35.0 Å². The monoisotopic (exact) mass is 382 g/mol. The first-order valence-electron chi connectivity index (χ1n) is 8.72. The maximum Gasteiger partial charge on any atom is 0.271 e. The fraction of sp³-hybridized carbons (Fsp3) is 0.200. The van der Waals surface area contributed by atoms with Gasteiger partial charge in [0.05, 0.1) is 0 Å². The van der Waals surface area contributed by atoms with Crippen LogP contribution in [0.15, 0.2) is 53.6 Å². The number of anilines is 2. The maximum absolute atomic E-state index is 13.0. The molecule has 1 heterocycles. The van der Waals surface area contributed by atoms with Gasteiger partial charge in [0.1, 0.15) is 18.1 Å². The minimum Gasteiger partial charge on any atom is -0.324 e. The van der Waals surface area contributed by atoms with Crippen molar-refractivity contribution in [1.82, 2.24) is 5.01 Å². The molecule has 2 aromatic rings. The summed E-state index contributed by atoms with van der Waals surface area (Å²) in [5.41, 5.74) is 2.15. The second kappa shape index (κ2) is 8.43. The Labute approximate surface area is 161 Å². The maximum atomic E-state index is 13.0. The lowest BCUT2D eigenvalue weighted by Crippen LogP contribution is -2.40. The fourth-order valence-corrected chi connectivity index (χ4v) is 2.68. The zero-order valence-electron chi connectivity index (χ0n) is 15.2. The van der Waals surface area contributed by atoms with Gasteiger partial charge in [-0.2, -0.15) is 5.10 Å². The van der Waals surface area contributed by atoms with Crippen molar-refractivity contribution in [2.75, 3.05) is 17.2 Å². The van der Waals surface area contributed by atoms with E-state index < -0.39 is 17.6 Å². The smallest absolute Gasteiger partial charge is 0.271 e. The van der Waals surface area contributed by atoms with E-state index in [4.69, 9.17) is 0 Å². The highest BCUT2D eigenvalue weighted by molar-refractivity contribution is 6.43. The molecule has 0 unspecified atom stereocenters. The first kappa shape index (κ1) is 19.2. The summed E-state index contributed by atoms with van der Waals surface area (Å²) < 4.78 is 13.0. The van der Waals surface area contributed by atoms with Gasteiger partial charge in [0.2, 0.25) is 11.8 Å². The van der Waals surface area contributed by atoms with Crippen LogP contribution in [0.25, 0.3) is 0 Å². The quantitative estimate of drug-likeness (QED) is 0.833. The summed E-state index contributed by atoms with van der Waals surface area (Å²) in [7, 11) is 0. The molecule has 2 N–H and O–H groups in total. The van der Waals surface area contributed by atoms with Crippen LogP contribution in [0.1, 0.15) is 18.4 Å². The molecule has 0 spiro atoms. The van der Waals surface area contributed by atoms with E-state index in [1.54, 1.807) is 12.1 Å². The van der Waals surface area contributed by atoms with Crippen LogP contribution < -0.4 is 10.6 Å². The van der Waals surface area contributed by atoms with Gasteiger partial charge in [-0.15, -0.1) is 0 Å². The summed E-state index contributed by atoms with van der Waals surface area (Å²) in [5, 5.41) is 10.3. The van der Waals surface area contributed by atoms with Crippen molar-refractivity contribution in [3.8, 4) is 0 Å². The summed E-state index contributed by atoms with van der Waals surface area (Å²) in [4.78, 5) is 36.6. The van der Waals surface area contributed by atoms with Crippen LogP contribution in [-0.2, 0) is 14.4 Å². The van der Waals surface area contributed by atoms with E-state index in [2.05, 4.69) is 15.7 Å². The van der Waals surface area contributed by atoms with Crippen molar-refractivity contribution in [3.63, 3.8) is 0 Å². The number of aryl methyl sites for hydroxylation is 1. The molecule has 2 aromatic carbocycles. The van der Waals surface area contributed by atoms with Gasteiger partial charge in [0.25, 0.3) is 5.91 Å². The highest BCUT2D eigenvalue weighted by Gasteiger charge is 2.26. The summed E-state index contributed by atoms with van der Waals surface area (Å²) in [5.74, 6) is -1.66. The number of carbonyl (C=O) groups excluding carboxylic acids is 3. The molecule has 7 nitrogen and oxygen atoms in total. The Morgan fingerprint density at radius 1 is 1.07 bits per heavy atom. The molecule has 0 fully saturated rings. The second-order valence-electron chi connectivity index (χ2n) is 6.38. The third-order valence-electron chi connectivity index (χ3n) is 4.06. The molecule has 8 heteroatoms. The van der Waals surface area contributed by atoms with Gasteiger partial charge in [-0.05, 0) is 48.9 Å². The van der Waals surface area contributed by atoms with Crippen LogP contribution in [0.3, 0.4) is 0 Å². The van der Waals surface area contributed by atoms with Crippen LogP contribution >= 0.6 is 0 Å². The molecule has 0 radical (unpaired) electrons. The molecule has 0 atom stereocenters. The van der Waals surface area contributed by atoms with E-state index in [0.29, 0.717) is 11.4 Å². The third kappa shape index (κ3) is 5.00. The van der Waals surface area contributed by atoms with E-state index in [9.17, 15) is 18.8 Å². The fourth-order valence-electron chi connectivity index (χ4n) is 2.68. The van der Waals surface area contributed by atoms with Crippen molar-refractivity contribution in [1.29, 1.82) is 0 Å². The van der Waals surface area contributed by atoms with E-state index >= 15 is 0 Å². The van der Waals surface area contributed by atoms with Gasteiger partial charge in [0, 0.05) is 24.2 Å². The lowest BCUT2D eigenvalue weighted by atomic mass is 10.1. The Balaban J connectivity index is 1.65. The zero-order chi connectivity index (χ0) is 20.1. The molecular weight excluding hydrogens is 363 g/mol. The van der Waals surface area contributed by atoms with E-state index in [0.717, 1.165) is 10.6 Å². The third-order valence-corrected chi connectivity index (χ3v) is 4.06. The first-order valence-corrected chi connectivity index (χ1v) is 8.72. The second-order valence-corrected chi connectivity index (χ2v) is 6.38. The molecule has 3 amide bonds. The minimum atomic E-state index is -0.497. The predicted octanol–water partition coefficient (Wildman–Crippen LogP) is 2.69. The molecule has 0 bridgehead atoms. The van der Waals surface area contributed by atoms with Gasteiger partial charge in [-0.1, -0.05) is 12.1 Å². The zero-order valence-corrected chi connectivity index (χ0v) is 15.2.